The van der Waals surface area contributed by atoms with Gasteiger partial charge in [-0.05, 0) is 62.0 Å². The van der Waals surface area contributed by atoms with E-state index in [1.165, 1.54) is 43.4 Å². The van der Waals surface area contributed by atoms with Crippen LogP contribution in [0.2, 0.25) is 0 Å². The van der Waals surface area contributed by atoms with E-state index in [2.05, 4.69) is 57.3 Å². The summed E-state index contributed by atoms with van der Waals surface area (Å²) in [4.78, 5) is 0. The van der Waals surface area contributed by atoms with E-state index in [9.17, 15) is 0 Å². The highest BCUT2D eigenvalue weighted by Gasteiger charge is 2.29. The third-order valence-electron chi connectivity index (χ3n) is 4.95. The van der Waals surface area contributed by atoms with Crippen molar-refractivity contribution in [1.29, 1.82) is 0 Å². The summed E-state index contributed by atoms with van der Waals surface area (Å²) in [6.45, 7) is 11.5. The molecule has 1 heteroatoms. The summed E-state index contributed by atoms with van der Waals surface area (Å²) in [5, 5.41) is 3.64. The number of aryl methyl sites for hydroxylation is 1. The number of benzene rings is 1. The molecule has 0 spiro atoms. The van der Waals surface area contributed by atoms with Crippen LogP contribution in [0.25, 0.3) is 0 Å². The van der Waals surface area contributed by atoms with Crippen molar-refractivity contribution >= 4 is 0 Å². The third-order valence-corrected chi connectivity index (χ3v) is 4.95. The lowest BCUT2D eigenvalue weighted by atomic mass is 9.70. The van der Waals surface area contributed by atoms with Gasteiger partial charge in [-0.2, -0.15) is 0 Å². The zero-order valence-electron chi connectivity index (χ0n) is 13.7. The van der Waals surface area contributed by atoms with Crippen LogP contribution in [0.3, 0.4) is 0 Å². The summed E-state index contributed by atoms with van der Waals surface area (Å²) in [6.07, 6.45) is 5.65. The van der Waals surface area contributed by atoms with Gasteiger partial charge >= 0.3 is 0 Å². The van der Waals surface area contributed by atoms with Crippen LogP contribution >= 0.6 is 0 Å². The van der Waals surface area contributed by atoms with Crippen LogP contribution in [0.5, 0.6) is 0 Å². The Labute approximate surface area is 125 Å². The summed E-state index contributed by atoms with van der Waals surface area (Å²) in [7, 11) is 0. The van der Waals surface area contributed by atoms with E-state index in [4.69, 9.17) is 0 Å². The first kappa shape index (κ1) is 15.6. The van der Waals surface area contributed by atoms with Gasteiger partial charge in [0.15, 0.2) is 0 Å². The highest BCUT2D eigenvalue weighted by molar-refractivity contribution is 5.21. The van der Waals surface area contributed by atoms with E-state index in [0.29, 0.717) is 5.41 Å². The van der Waals surface area contributed by atoms with Crippen LogP contribution < -0.4 is 5.32 Å². The van der Waals surface area contributed by atoms with Crippen molar-refractivity contribution < 1.29 is 0 Å². The molecule has 0 amide bonds. The molecule has 0 aromatic heterocycles. The number of hydrogen-bond donors (Lipinski definition) is 1. The molecule has 112 valence electrons. The zero-order valence-corrected chi connectivity index (χ0v) is 13.7. The third kappa shape index (κ3) is 4.63. The Morgan fingerprint density at radius 2 is 1.60 bits per heavy atom. The molecule has 0 heterocycles. The van der Waals surface area contributed by atoms with E-state index >= 15 is 0 Å². The molecule has 0 aliphatic heterocycles. The van der Waals surface area contributed by atoms with Crippen molar-refractivity contribution in [3.63, 3.8) is 0 Å². The predicted octanol–water partition coefficient (Wildman–Crippen LogP) is 4.94. The van der Waals surface area contributed by atoms with E-state index in [1.807, 2.05) is 0 Å². The average Bonchev–Trinajstić information content (AvgIpc) is 2.41. The van der Waals surface area contributed by atoms with Crippen LogP contribution in [-0.2, 0) is 6.54 Å². The quantitative estimate of drug-likeness (QED) is 0.819. The van der Waals surface area contributed by atoms with E-state index < -0.39 is 0 Å². The molecule has 0 unspecified atom stereocenters. The van der Waals surface area contributed by atoms with Gasteiger partial charge in [0.1, 0.15) is 0 Å². The van der Waals surface area contributed by atoms with Crippen LogP contribution in [0, 0.1) is 24.2 Å². The molecule has 1 aliphatic rings. The Morgan fingerprint density at radius 1 is 1.00 bits per heavy atom. The predicted molar refractivity (Wildman–Crippen MR) is 87.8 cm³/mol. The minimum Gasteiger partial charge on any atom is -0.312 e. The molecule has 1 aromatic carbocycles. The molecular weight excluding hydrogens is 242 g/mol. The SMILES string of the molecule is Cc1ccc(CNCC2CCC(C(C)(C)C)CC2)cc1. The first-order valence-electron chi connectivity index (χ1n) is 8.21. The largest absolute Gasteiger partial charge is 0.312 e. The van der Waals surface area contributed by atoms with Crippen molar-refractivity contribution in [2.24, 2.45) is 17.3 Å². The fourth-order valence-corrected chi connectivity index (χ4v) is 3.36. The van der Waals surface area contributed by atoms with Gasteiger partial charge in [-0.3, -0.25) is 0 Å². The Kier molecular flexibility index (Phi) is 5.26. The van der Waals surface area contributed by atoms with Gasteiger partial charge in [0.25, 0.3) is 0 Å². The molecule has 20 heavy (non-hydrogen) atoms. The van der Waals surface area contributed by atoms with Crippen molar-refractivity contribution in [3.8, 4) is 0 Å². The van der Waals surface area contributed by atoms with Gasteiger partial charge in [-0.15, -0.1) is 0 Å². The van der Waals surface area contributed by atoms with Gasteiger partial charge in [0.2, 0.25) is 0 Å². The lowest BCUT2D eigenvalue weighted by Crippen LogP contribution is -2.30. The molecule has 2 rings (SSSR count). The van der Waals surface area contributed by atoms with Gasteiger partial charge < -0.3 is 5.32 Å². The maximum absolute atomic E-state index is 3.64. The van der Waals surface area contributed by atoms with Crippen molar-refractivity contribution in [1.82, 2.24) is 5.32 Å². The molecule has 0 saturated heterocycles. The minimum absolute atomic E-state index is 0.500. The highest BCUT2D eigenvalue weighted by Crippen LogP contribution is 2.39. The molecule has 1 aliphatic carbocycles. The molecular formula is C19H31N. The van der Waals surface area contributed by atoms with E-state index in [-0.39, 0.29) is 0 Å². The Hall–Kier alpha value is -0.820. The van der Waals surface area contributed by atoms with Gasteiger partial charge in [0.05, 0.1) is 0 Å². The molecule has 1 N–H and O–H groups in total. The normalized spacial score (nSPS) is 23.8. The Morgan fingerprint density at radius 3 is 2.15 bits per heavy atom. The maximum Gasteiger partial charge on any atom is 0.0205 e. The topological polar surface area (TPSA) is 12.0 Å². The fraction of sp³-hybridized carbons (Fsp3) is 0.684. The molecule has 0 radical (unpaired) electrons. The van der Waals surface area contributed by atoms with E-state index in [1.54, 1.807) is 0 Å². The fourth-order valence-electron chi connectivity index (χ4n) is 3.36. The lowest BCUT2D eigenvalue weighted by molar-refractivity contribution is 0.149. The van der Waals surface area contributed by atoms with Gasteiger partial charge in [0, 0.05) is 6.54 Å². The second-order valence-electron chi connectivity index (χ2n) is 7.70. The Bertz CT molecular complexity index is 391. The lowest BCUT2D eigenvalue weighted by Gasteiger charge is -2.37. The Balaban J connectivity index is 1.67. The summed E-state index contributed by atoms with van der Waals surface area (Å²) >= 11 is 0. The molecule has 1 fully saturated rings. The maximum atomic E-state index is 3.64. The summed E-state index contributed by atoms with van der Waals surface area (Å²) < 4.78 is 0. The van der Waals surface area contributed by atoms with Crippen molar-refractivity contribution in [2.45, 2.75) is 59.9 Å². The molecule has 0 atom stereocenters. The summed E-state index contributed by atoms with van der Waals surface area (Å²) in [5.74, 6) is 1.81. The van der Waals surface area contributed by atoms with Crippen LogP contribution in [0.15, 0.2) is 24.3 Å². The zero-order chi connectivity index (χ0) is 14.6. The smallest absolute Gasteiger partial charge is 0.0205 e. The number of hydrogen-bond acceptors (Lipinski definition) is 1. The first-order chi connectivity index (χ1) is 9.45. The van der Waals surface area contributed by atoms with Crippen molar-refractivity contribution in [2.75, 3.05) is 6.54 Å². The van der Waals surface area contributed by atoms with Gasteiger partial charge in [-0.1, -0.05) is 50.6 Å². The first-order valence-corrected chi connectivity index (χ1v) is 8.21. The highest BCUT2D eigenvalue weighted by atomic mass is 14.9. The van der Waals surface area contributed by atoms with Crippen molar-refractivity contribution in [3.05, 3.63) is 35.4 Å². The molecule has 1 saturated carbocycles. The summed E-state index contributed by atoms with van der Waals surface area (Å²) in [6, 6.07) is 8.87. The number of rotatable bonds is 4. The monoisotopic (exact) mass is 273 g/mol. The second-order valence-corrected chi connectivity index (χ2v) is 7.70. The van der Waals surface area contributed by atoms with E-state index in [0.717, 1.165) is 18.4 Å². The number of nitrogens with one attached hydrogen (secondary N) is 1. The molecule has 1 aromatic rings. The second kappa shape index (κ2) is 6.76. The molecule has 0 bridgehead atoms. The van der Waals surface area contributed by atoms with Crippen LogP contribution in [0.4, 0.5) is 0 Å². The van der Waals surface area contributed by atoms with Crippen LogP contribution in [0.1, 0.15) is 57.6 Å². The molecule has 1 nitrogen and oxygen atoms in total. The minimum atomic E-state index is 0.500. The van der Waals surface area contributed by atoms with Crippen LogP contribution in [-0.4, -0.2) is 6.54 Å². The summed E-state index contributed by atoms with van der Waals surface area (Å²) in [5.41, 5.74) is 3.24. The standard InChI is InChI=1S/C19H31N/c1-15-5-7-16(8-6-15)13-20-14-17-9-11-18(12-10-17)19(2,3)4/h5-8,17-18,20H,9-14H2,1-4H3. The average molecular weight is 273 g/mol. The van der Waals surface area contributed by atoms with Gasteiger partial charge in [-0.25, -0.2) is 0 Å².